The van der Waals surface area contributed by atoms with Gasteiger partial charge in [0.25, 0.3) is 0 Å². The second-order valence-corrected chi connectivity index (χ2v) is 8.56. The Kier molecular flexibility index (Phi) is 7.33. The molecule has 0 spiro atoms. The first-order chi connectivity index (χ1) is 15.3. The molecule has 0 bridgehead atoms. The topological polar surface area (TPSA) is 67.6 Å². The summed E-state index contributed by atoms with van der Waals surface area (Å²) in [5.74, 6) is 0.915. The number of fused-ring (bicyclic) bond motifs is 2. The zero-order valence-corrected chi connectivity index (χ0v) is 19.0. The number of unbranched alkanes of at least 4 members (excludes halogenated alkanes) is 1. The number of benzene rings is 2. The van der Waals surface area contributed by atoms with Gasteiger partial charge in [-0.15, -0.1) is 12.4 Å². The monoisotopic (exact) mass is 455 g/mol. The molecule has 1 N–H and O–H groups in total. The third-order valence-electron chi connectivity index (χ3n) is 6.49. The first kappa shape index (κ1) is 22.6. The first-order valence-electron chi connectivity index (χ1n) is 11.4. The Balaban J connectivity index is 0.00000245. The van der Waals surface area contributed by atoms with Gasteiger partial charge < -0.3 is 14.6 Å². The molecule has 1 saturated heterocycles. The normalized spacial score (nSPS) is 18.6. The van der Waals surface area contributed by atoms with Gasteiger partial charge in [0.05, 0.1) is 12.8 Å². The van der Waals surface area contributed by atoms with E-state index < -0.39 is 0 Å². The van der Waals surface area contributed by atoms with Crippen LogP contribution in [0.1, 0.15) is 55.7 Å². The minimum Gasteiger partial charge on any atom is -0.494 e. The van der Waals surface area contributed by atoms with Gasteiger partial charge in [-0.25, -0.2) is 0 Å². The number of rotatable bonds is 7. The van der Waals surface area contributed by atoms with Crippen LogP contribution < -0.4 is 10.1 Å². The highest BCUT2D eigenvalue weighted by atomic mass is 35.5. The summed E-state index contributed by atoms with van der Waals surface area (Å²) >= 11 is 0. The second-order valence-electron chi connectivity index (χ2n) is 8.56. The van der Waals surface area contributed by atoms with Crippen molar-refractivity contribution in [3.63, 3.8) is 0 Å². The van der Waals surface area contributed by atoms with E-state index >= 15 is 0 Å². The smallest absolute Gasteiger partial charge is 0.224 e. The molecule has 3 heterocycles. The van der Waals surface area contributed by atoms with Crippen molar-refractivity contribution in [1.82, 2.24) is 10.1 Å². The SMILES string of the molecule is Cl.O=C1CCc2ccc(OCCCCN3CCCCC3c3cccc4oncc34)cc2N1. The van der Waals surface area contributed by atoms with Crippen LogP contribution in [-0.4, -0.2) is 35.7 Å². The number of carbonyl (C=O) groups excluding carboxylic acids is 1. The van der Waals surface area contributed by atoms with Crippen LogP contribution in [0.15, 0.2) is 47.1 Å². The van der Waals surface area contributed by atoms with Gasteiger partial charge in [-0.1, -0.05) is 29.8 Å². The summed E-state index contributed by atoms with van der Waals surface area (Å²) in [7, 11) is 0. The number of piperidine rings is 1. The summed E-state index contributed by atoms with van der Waals surface area (Å²) in [6.07, 6.45) is 9.03. The number of hydrogen-bond donors (Lipinski definition) is 1. The summed E-state index contributed by atoms with van der Waals surface area (Å²) in [5.41, 5.74) is 4.29. The van der Waals surface area contributed by atoms with Gasteiger partial charge in [-0.05, 0) is 68.5 Å². The highest BCUT2D eigenvalue weighted by Gasteiger charge is 2.25. The molecular formula is C25H30ClN3O3. The van der Waals surface area contributed by atoms with E-state index in [-0.39, 0.29) is 18.3 Å². The number of hydrogen-bond acceptors (Lipinski definition) is 5. The minimum absolute atomic E-state index is 0. The molecule has 2 aliphatic rings. The Morgan fingerprint density at radius 2 is 2.09 bits per heavy atom. The molecule has 3 aromatic rings. The number of anilines is 1. The zero-order valence-electron chi connectivity index (χ0n) is 18.2. The van der Waals surface area contributed by atoms with Crippen LogP contribution in [0.5, 0.6) is 5.75 Å². The molecule has 1 atom stereocenters. The number of nitrogens with zero attached hydrogens (tertiary/aromatic N) is 2. The van der Waals surface area contributed by atoms with Crippen LogP contribution in [0, 0.1) is 0 Å². The second kappa shape index (κ2) is 10.4. The van der Waals surface area contributed by atoms with Gasteiger partial charge in [-0.3, -0.25) is 9.69 Å². The first-order valence-corrected chi connectivity index (χ1v) is 11.4. The van der Waals surface area contributed by atoms with Crippen molar-refractivity contribution in [3.8, 4) is 5.75 Å². The number of nitrogens with one attached hydrogen (secondary N) is 1. The van der Waals surface area contributed by atoms with Crippen LogP contribution in [0.4, 0.5) is 5.69 Å². The lowest BCUT2D eigenvalue weighted by Gasteiger charge is -2.36. The fourth-order valence-corrected chi connectivity index (χ4v) is 4.86. The van der Waals surface area contributed by atoms with Crippen molar-refractivity contribution in [3.05, 3.63) is 53.7 Å². The Morgan fingerprint density at radius 1 is 1.16 bits per heavy atom. The van der Waals surface area contributed by atoms with Crippen LogP contribution in [0.2, 0.25) is 0 Å². The average molecular weight is 456 g/mol. The molecule has 0 saturated carbocycles. The van der Waals surface area contributed by atoms with Gasteiger partial charge in [-0.2, -0.15) is 0 Å². The van der Waals surface area contributed by atoms with Crippen LogP contribution in [-0.2, 0) is 11.2 Å². The highest BCUT2D eigenvalue weighted by molar-refractivity contribution is 5.94. The van der Waals surface area contributed by atoms with E-state index in [0.29, 0.717) is 19.1 Å². The lowest BCUT2D eigenvalue weighted by Crippen LogP contribution is -2.34. The molecule has 0 aliphatic carbocycles. The molecule has 2 aromatic carbocycles. The fraction of sp³-hybridized carbons (Fsp3) is 0.440. The summed E-state index contributed by atoms with van der Waals surface area (Å²) in [4.78, 5) is 14.2. The van der Waals surface area contributed by atoms with E-state index in [1.54, 1.807) is 0 Å². The number of ether oxygens (including phenoxy) is 1. The number of amides is 1. The van der Waals surface area contributed by atoms with E-state index in [0.717, 1.165) is 54.8 Å². The highest BCUT2D eigenvalue weighted by Crippen LogP contribution is 2.35. The van der Waals surface area contributed by atoms with Gasteiger partial charge >= 0.3 is 0 Å². The lowest BCUT2D eigenvalue weighted by molar-refractivity contribution is -0.116. The molecule has 170 valence electrons. The zero-order chi connectivity index (χ0) is 21.0. The van der Waals surface area contributed by atoms with E-state index in [4.69, 9.17) is 9.26 Å². The molecule has 1 unspecified atom stereocenters. The van der Waals surface area contributed by atoms with E-state index in [2.05, 4.69) is 33.6 Å². The molecular weight excluding hydrogens is 426 g/mol. The van der Waals surface area contributed by atoms with E-state index in [9.17, 15) is 4.79 Å². The fourth-order valence-electron chi connectivity index (χ4n) is 4.86. The van der Waals surface area contributed by atoms with Gasteiger partial charge in [0.2, 0.25) is 5.91 Å². The van der Waals surface area contributed by atoms with Crippen molar-refractivity contribution >= 4 is 35.0 Å². The molecule has 1 amide bonds. The molecule has 32 heavy (non-hydrogen) atoms. The predicted molar refractivity (Wildman–Crippen MR) is 128 cm³/mol. The van der Waals surface area contributed by atoms with Crippen LogP contribution >= 0.6 is 12.4 Å². The van der Waals surface area contributed by atoms with Gasteiger partial charge in [0.1, 0.15) is 5.75 Å². The molecule has 2 aliphatic heterocycles. The van der Waals surface area contributed by atoms with E-state index in [1.807, 2.05) is 24.4 Å². The third-order valence-corrected chi connectivity index (χ3v) is 6.49. The van der Waals surface area contributed by atoms with Crippen molar-refractivity contribution in [2.24, 2.45) is 0 Å². The number of likely N-dealkylation sites (tertiary alicyclic amines) is 1. The quantitative estimate of drug-likeness (QED) is 0.475. The Hall–Kier alpha value is -2.57. The predicted octanol–water partition coefficient (Wildman–Crippen LogP) is 5.52. The van der Waals surface area contributed by atoms with E-state index in [1.165, 1.54) is 30.4 Å². The number of aryl methyl sites for hydroxylation is 1. The standard InChI is InChI=1S/C25H29N3O3.ClH/c29-25-12-10-18-9-11-19(16-22(18)27-25)30-15-4-3-14-28-13-2-1-7-23(28)20-6-5-8-24-21(20)17-26-31-24;/h5-6,8-9,11,16-17,23H,1-4,7,10,12-15H2,(H,27,29);1H. The van der Waals surface area contributed by atoms with Crippen LogP contribution in [0.25, 0.3) is 11.0 Å². The maximum atomic E-state index is 11.6. The van der Waals surface area contributed by atoms with Crippen LogP contribution in [0.3, 0.4) is 0 Å². The summed E-state index contributed by atoms with van der Waals surface area (Å²) < 4.78 is 11.3. The Labute approximate surface area is 194 Å². The summed E-state index contributed by atoms with van der Waals surface area (Å²) in [6.45, 7) is 2.89. The number of halogens is 1. The molecule has 7 heteroatoms. The molecule has 1 fully saturated rings. The van der Waals surface area contributed by atoms with Crippen molar-refractivity contribution in [2.75, 3.05) is 25.0 Å². The largest absolute Gasteiger partial charge is 0.494 e. The van der Waals surface area contributed by atoms with Crippen molar-refractivity contribution in [1.29, 1.82) is 0 Å². The van der Waals surface area contributed by atoms with Crippen molar-refractivity contribution < 1.29 is 14.1 Å². The van der Waals surface area contributed by atoms with Crippen molar-refractivity contribution in [2.45, 2.75) is 51.0 Å². The lowest BCUT2D eigenvalue weighted by atomic mass is 9.93. The number of carbonyl (C=O) groups is 1. The molecule has 5 rings (SSSR count). The summed E-state index contributed by atoms with van der Waals surface area (Å²) in [6, 6.07) is 12.7. The van der Waals surface area contributed by atoms with Gasteiger partial charge in [0, 0.05) is 29.6 Å². The minimum atomic E-state index is 0. The summed E-state index contributed by atoms with van der Waals surface area (Å²) in [5, 5.41) is 8.08. The number of aromatic nitrogens is 1. The molecule has 6 nitrogen and oxygen atoms in total. The Bertz CT molecular complexity index is 1070. The Morgan fingerprint density at radius 3 is 3.03 bits per heavy atom. The maximum absolute atomic E-state index is 11.6. The molecule has 1 aromatic heterocycles. The average Bonchev–Trinajstić information content (AvgIpc) is 3.28. The maximum Gasteiger partial charge on any atom is 0.224 e. The van der Waals surface area contributed by atoms with Gasteiger partial charge in [0.15, 0.2) is 5.58 Å². The molecule has 0 radical (unpaired) electrons. The third kappa shape index (κ3) is 4.92.